The summed E-state index contributed by atoms with van der Waals surface area (Å²) in [6.07, 6.45) is -1.36. The molecule has 2 atom stereocenters. The van der Waals surface area contributed by atoms with E-state index in [0.29, 0.717) is 40.9 Å². The highest BCUT2D eigenvalue weighted by molar-refractivity contribution is 6.04. The Kier molecular flexibility index (Phi) is 6.49. The van der Waals surface area contributed by atoms with Gasteiger partial charge in [-0.05, 0) is 55.8 Å². The fraction of sp³-hybridized carbons (Fsp3) is 0.300. The monoisotopic (exact) mass is 562 g/mol. The summed E-state index contributed by atoms with van der Waals surface area (Å²) in [5.74, 6) is 0.476. The van der Waals surface area contributed by atoms with Crippen LogP contribution in [0.15, 0.2) is 65.7 Å². The van der Waals surface area contributed by atoms with Gasteiger partial charge in [0.25, 0.3) is 0 Å². The van der Waals surface area contributed by atoms with E-state index in [2.05, 4.69) is 15.3 Å². The number of nitrogens with one attached hydrogen (secondary N) is 1. The first-order valence-electron chi connectivity index (χ1n) is 13.3. The van der Waals surface area contributed by atoms with Crippen LogP contribution in [0.3, 0.4) is 0 Å². The Morgan fingerprint density at radius 3 is 2.34 bits per heavy atom. The third-order valence-corrected chi connectivity index (χ3v) is 7.60. The van der Waals surface area contributed by atoms with Crippen LogP contribution in [0.25, 0.3) is 38.8 Å². The number of fused-ring (bicyclic) bond motifs is 3. The molecule has 1 aliphatic rings. The van der Waals surface area contributed by atoms with E-state index in [4.69, 9.17) is 4.74 Å². The molecule has 0 unspecified atom stereocenters. The summed E-state index contributed by atoms with van der Waals surface area (Å²) >= 11 is 0. The number of pyridine rings is 2. The molecule has 5 aromatic rings. The number of hydrogen-bond acceptors (Lipinski definition) is 6. The molecular formula is C30H29F3N6O2. The Morgan fingerprint density at radius 1 is 0.951 bits per heavy atom. The van der Waals surface area contributed by atoms with Gasteiger partial charge in [0, 0.05) is 61.1 Å². The number of hydrogen-bond donors (Lipinski definition) is 1. The van der Waals surface area contributed by atoms with Crippen LogP contribution in [0.2, 0.25) is 0 Å². The average molecular weight is 563 g/mol. The number of imidazole rings is 1. The Morgan fingerprint density at radius 2 is 1.68 bits per heavy atom. The number of piperazine rings is 1. The van der Waals surface area contributed by atoms with Crippen molar-refractivity contribution in [1.29, 1.82) is 0 Å². The van der Waals surface area contributed by atoms with Crippen LogP contribution in [-0.4, -0.2) is 51.4 Å². The van der Waals surface area contributed by atoms with Gasteiger partial charge in [-0.1, -0.05) is 6.07 Å². The zero-order valence-corrected chi connectivity index (χ0v) is 23.0. The molecule has 1 saturated heterocycles. The van der Waals surface area contributed by atoms with E-state index in [-0.39, 0.29) is 23.5 Å². The first kappa shape index (κ1) is 26.8. The maximum atomic E-state index is 14.5. The number of halogens is 3. The van der Waals surface area contributed by atoms with Gasteiger partial charge in [-0.3, -0.25) is 14.1 Å². The van der Waals surface area contributed by atoms with Gasteiger partial charge in [-0.25, -0.2) is 9.78 Å². The van der Waals surface area contributed by atoms with E-state index in [1.165, 1.54) is 22.3 Å². The Balaban J connectivity index is 1.56. The fourth-order valence-corrected chi connectivity index (χ4v) is 5.78. The van der Waals surface area contributed by atoms with E-state index in [0.717, 1.165) is 17.2 Å². The van der Waals surface area contributed by atoms with Gasteiger partial charge in [0.1, 0.15) is 0 Å². The number of alkyl halides is 3. The third-order valence-electron chi connectivity index (χ3n) is 7.60. The fourth-order valence-electron chi connectivity index (χ4n) is 5.78. The predicted octanol–water partition coefficient (Wildman–Crippen LogP) is 5.15. The van der Waals surface area contributed by atoms with Gasteiger partial charge < -0.3 is 15.0 Å². The number of ether oxygens (including phenoxy) is 1. The van der Waals surface area contributed by atoms with Gasteiger partial charge in [-0.15, -0.1) is 0 Å². The smallest absolute Gasteiger partial charge is 0.418 e. The van der Waals surface area contributed by atoms with Crippen LogP contribution >= 0.6 is 0 Å². The molecule has 0 radical (unpaired) electrons. The van der Waals surface area contributed by atoms with Crippen molar-refractivity contribution in [1.82, 2.24) is 24.4 Å². The highest BCUT2D eigenvalue weighted by Gasteiger charge is 2.37. The van der Waals surface area contributed by atoms with Crippen molar-refractivity contribution < 1.29 is 17.9 Å². The van der Waals surface area contributed by atoms with Gasteiger partial charge in [0.05, 0.1) is 41.1 Å². The van der Waals surface area contributed by atoms with Crippen molar-refractivity contribution in [3.05, 3.63) is 77.0 Å². The highest BCUT2D eigenvalue weighted by Crippen LogP contribution is 2.39. The first-order chi connectivity index (χ1) is 19.5. The quantitative estimate of drug-likeness (QED) is 0.327. The largest absolute Gasteiger partial charge is 0.481 e. The summed E-state index contributed by atoms with van der Waals surface area (Å²) in [4.78, 5) is 24.1. The van der Waals surface area contributed by atoms with Crippen LogP contribution in [-0.2, 0) is 13.2 Å². The molecule has 11 heteroatoms. The SMILES string of the molecule is COc1ccc(-c2ccc3ncc4c(c3c2)n(-c2ccc(N3C[C@@H](C)N[C@@H](C)C3)c(C(F)(F)F)c2)c(=O)n4C)cn1. The number of benzene rings is 2. The molecule has 41 heavy (non-hydrogen) atoms. The summed E-state index contributed by atoms with van der Waals surface area (Å²) in [5, 5.41) is 3.99. The van der Waals surface area contributed by atoms with Crippen molar-refractivity contribution >= 4 is 27.6 Å². The maximum absolute atomic E-state index is 14.5. The molecule has 212 valence electrons. The van der Waals surface area contributed by atoms with E-state index in [1.807, 2.05) is 38.1 Å². The minimum Gasteiger partial charge on any atom is -0.481 e. The lowest BCUT2D eigenvalue weighted by Gasteiger charge is -2.38. The molecule has 1 fully saturated rings. The normalized spacial score (nSPS) is 17.9. The van der Waals surface area contributed by atoms with Gasteiger partial charge >= 0.3 is 11.9 Å². The lowest BCUT2D eigenvalue weighted by molar-refractivity contribution is -0.137. The number of aryl methyl sites for hydroxylation is 1. The van der Waals surface area contributed by atoms with E-state index < -0.39 is 17.4 Å². The second kappa shape index (κ2) is 9.91. The topological polar surface area (TPSA) is 77.2 Å². The molecule has 0 spiro atoms. The van der Waals surface area contributed by atoms with Crippen LogP contribution in [0, 0.1) is 0 Å². The zero-order valence-electron chi connectivity index (χ0n) is 23.0. The van der Waals surface area contributed by atoms with E-state index in [9.17, 15) is 18.0 Å². The minimum absolute atomic E-state index is 0.0363. The summed E-state index contributed by atoms with van der Waals surface area (Å²) < 4.78 is 51.4. The third kappa shape index (κ3) is 4.69. The number of methoxy groups -OCH3 is 1. The first-order valence-corrected chi connectivity index (χ1v) is 13.3. The van der Waals surface area contributed by atoms with Crippen molar-refractivity contribution in [2.24, 2.45) is 7.05 Å². The molecule has 1 aliphatic heterocycles. The second-order valence-corrected chi connectivity index (χ2v) is 10.6. The Bertz CT molecular complexity index is 1820. The highest BCUT2D eigenvalue weighted by atomic mass is 19.4. The summed E-state index contributed by atoms with van der Waals surface area (Å²) in [6.45, 7) is 4.80. The maximum Gasteiger partial charge on any atom is 0.418 e. The molecule has 0 saturated carbocycles. The van der Waals surface area contributed by atoms with E-state index in [1.54, 1.807) is 36.5 Å². The minimum atomic E-state index is -4.62. The van der Waals surface area contributed by atoms with E-state index >= 15 is 0 Å². The molecule has 2 aromatic carbocycles. The predicted molar refractivity (Wildman–Crippen MR) is 153 cm³/mol. The Hall–Kier alpha value is -4.38. The summed E-state index contributed by atoms with van der Waals surface area (Å²) in [7, 11) is 3.13. The van der Waals surface area contributed by atoms with Crippen LogP contribution in [0.1, 0.15) is 19.4 Å². The summed E-state index contributed by atoms with van der Waals surface area (Å²) in [5.41, 5.74) is 2.24. The molecule has 0 amide bonds. The standard InChI is InChI=1S/C30H29F3N6O2/c1-17-15-38(16-18(2)36-17)25-9-7-21(12-23(25)30(31,32)33)39-28-22-11-19(20-6-10-27(41-4)35-13-20)5-8-24(22)34-14-26(28)37(3)29(39)40/h5-14,17-18,36H,15-16H2,1-4H3/t17-,18+. The zero-order chi connectivity index (χ0) is 29.1. The number of rotatable bonds is 4. The molecule has 4 heterocycles. The lowest BCUT2D eigenvalue weighted by atomic mass is 10.0. The number of anilines is 1. The molecule has 8 nitrogen and oxygen atoms in total. The van der Waals surface area contributed by atoms with Crippen molar-refractivity contribution in [2.45, 2.75) is 32.1 Å². The van der Waals surface area contributed by atoms with Crippen LogP contribution in [0.4, 0.5) is 18.9 Å². The summed E-state index contributed by atoms with van der Waals surface area (Å²) in [6, 6.07) is 13.4. The second-order valence-electron chi connectivity index (χ2n) is 10.6. The Labute approximate surface area is 234 Å². The van der Waals surface area contributed by atoms with Gasteiger partial charge in [0.15, 0.2) is 0 Å². The number of aromatic nitrogens is 4. The molecule has 3 aromatic heterocycles. The van der Waals surface area contributed by atoms with Gasteiger partial charge in [0.2, 0.25) is 5.88 Å². The van der Waals surface area contributed by atoms with Gasteiger partial charge in [-0.2, -0.15) is 13.2 Å². The average Bonchev–Trinajstić information content (AvgIpc) is 3.21. The van der Waals surface area contributed by atoms with Crippen LogP contribution < -0.4 is 20.6 Å². The molecule has 0 aliphatic carbocycles. The number of nitrogens with zero attached hydrogens (tertiary/aromatic N) is 5. The molecular weight excluding hydrogens is 533 g/mol. The van der Waals surface area contributed by atoms with Crippen molar-refractivity contribution in [2.75, 3.05) is 25.1 Å². The lowest BCUT2D eigenvalue weighted by Crippen LogP contribution is -2.54. The molecule has 6 rings (SSSR count). The molecule has 0 bridgehead atoms. The van der Waals surface area contributed by atoms with Crippen molar-refractivity contribution in [3.8, 4) is 22.7 Å². The van der Waals surface area contributed by atoms with Crippen molar-refractivity contribution in [3.63, 3.8) is 0 Å². The van der Waals surface area contributed by atoms with Crippen LogP contribution in [0.5, 0.6) is 5.88 Å². The molecule has 1 N–H and O–H groups in total.